The minimum absolute atomic E-state index is 0. The van der Waals surface area contributed by atoms with E-state index in [1.807, 2.05) is 13.8 Å². The van der Waals surface area contributed by atoms with Crippen LogP contribution < -0.4 is 0 Å². The molecule has 0 aromatic heterocycles. The summed E-state index contributed by atoms with van der Waals surface area (Å²) in [5.74, 6) is -0.136. The topological polar surface area (TPSA) is 40.4 Å². The third kappa shape index (κ3) is 5.09. The van der Waals surface area contributed by atoms with Crippen LogP contribution in [-0.4, -0.2) is 25.2 Å². The van der Waals surface area contributed by atoms with Gasteiger partial charge in [-0.05, 0) is 0 Å². The molecule has 0 radical (unpaired) electrons. The number of ether oxygens (including phenoxy) is 1. The van der Waals surface area contributed by atoms with E-state index in [9.17, 15) is 4.79 Å². The fraction of sp³-hybridized carbons (Fsp3) is 0.889. The van der Waals surface area contributed by atoms with Crippen LogP contribution in [-0.2, 0) is 42.2 Å². The van der Waals surface area contributed by atoms with Gasteiger partial charge in [0.2, 0.25) is 0 Å². The summed E-state index contributed by atoms with van der Waals surface area (Å²) in [4.78, 5) is 11.0. The Hall–Kier alpha value is 0.534. The van der Waals surface area contributed by atoms with Gasteiger partial charge in [-0.25, -0.2) is 0 Å². The summed E-state index contributed by atoms with van der Waals surface area (Å²) >= 11 is 0. The van der Waals surface area contributed by atoms with Gasteiger partial charge in [0.25, 0.3) is 0 Å². The van der Waals surface area contributed by atoms with Crippen molar-refractivity contribution in [3.8, 4) is 0 Å². The van der Waals surface area contributed by atoms with Gasteiger partial charge in [-0.15, -0.1) is 12.6 Å². The van der Waals surface area contributed by atoms with Crippen molar-refractivity contribution in [3.63, 3.8) is 0 Å². The predicted molar refractivity (Wildman–Crippen MR) is 47.0 cm³/mol. The fourth-order valence-corrected chi connectivity index (χ4v) is 1.17. The summed E-state index contributed by atoms with van der Waals surface area (Å²) in [5, 5.41) is 4.29. The first-order valence-corrected chi connectivity index (χ1v) is 4.53. The molecule has 1 aliphatic heterocycles. The molecule has 1 heterocycles. The molecule has 0 spiro atoms. The smallest absolute Gasteiger partial charge is 0.657 e. The molecule has 1 rings (SSSR count). The molecular weight excluding hydrogens is 243 g/mol. The standard InChI is InChI=1S/C9H16NO2.Y/c1-7(2)9(11)12-6-8-4-3-5-10-8;/h7-8H,3-6H2,1-2H3;/q-1;+3. The monoisotopic (exact) mass is 259 g/mol. The van der Waals surface area contributed by atoms with Gasteiger partial charge in [0, 0.05) is 0 Å². The van der Waals surface area contributed by atoms with Crippen molar-refractivity contribution in [2.45, 2.75) is 32.7 Å². The van der Waals surface area contributed by atoms with E-state index < -0.39 is 0 Å². The van der Waals surface area contributed by atoms with Gasteiger partial charge < -0.3 is 10.1 Å². The van der Waals surface area contributed by atoms with Gasteiger partial charge in [0.1, 0.15) is 0 Å². The number of rotatable bonds is 3. The predicted octanol–water partition coefficient (Wildman–Crippen LogP) is 1.72. The zero-order valence-electron chi connectivity index (χ0n) is 8.32. The minimum Gasteiger partial charge on any atom is -0.657 e. The third-order valence-electron chi connectivity index (χ3n) is 1.97. The molecule has 4 heteroatoms. The molecule has 1 atom stereocenters. The maximum atomic E-state index is 11.0. The minimum atomic E-state index is -0.114. The Morgan fingerprint density at radius 2 is 2.31 bits per heavy atom. The summed E-state index contributed by atoms with van der Waals surface area (Å²) in [7, 11) is 0. The average molecular weight is 259 g/mol. The Balaban J connectivity index is 0.00000144. The number of carbonyl (C=O) groups is 1. The van der Waals surface area contributed by atoms with Crippen LogP contribution in [0.3, 0.4) is 0 Å². The van der Waals surface area contributed by atoms with Crippen LogP contribution in [0, 0.1) is 5.92 Å². The van der Waals surface area contributed by atoms with E-state index >= 15 is 0 Å². The Kier molecular flexibility index (Phi) is 7.19. The molecule has 0 aromatic rings. The summed E-state index contributed by atoms with van der Waals surface area (Å²) in [6, 6.07) is 0.271. The van der Waals surface area contributed by atoms with Crippen LogP contribution in [0.4, 0.5) is 0 Å². The van der Waals surface area contributed by atoms with E-state index in [0.717, 1.165) is 19.4 Å². The van der Waals surface area contributed by atoms with Crippen LogP contribution in [0.1, 0.15) is 26.7 Å². The normalized spacial score (nSPS) is 21.3. The van der Waals surface area contributed by atoms with E-state index in [0.29, 0.717) is 6.61 Å². The van der Waals surface area contributed by atoms with Crippen LogP contribution in [0.25, 0.3) is 5.32 Å². The molecule has 0 saturated carbocycles. The second-order valence-corrected chi connectivity index (χ2v) is 3.49. The number of nitrogens with zero attached hydrogens (tertiary/aromatic N) is 1. The van der Waals surface area contributed by atoms with Crippen molar-refractivity contribution < 1.29 is 42.2 Å². The van der Waals surface area contributed by atoms with Crippen molar-refractivity contribution in [2.75, 3.05) is 13.2 Å². The van der Waals surface area contributed by atoms with Gasteiger partial charge in [-0.1, -0.05) is 26.7 Å². The first kappa shape index (κ1) is 13.5. The van der Waals surface area contributed by atoms with E-state index in [-0.39, 0.29) is 50.6 Å². The van der Waals surface area contributed by atoms with Crippen molar-refractivity contribution in [1.29, 1.82) is 0 Å². The van der Waals surface area contributed by atoms with E-state index in [1.165, 1.54) is 0 Å². The second kappa shape index (κ2) is 6.91. The number of esters is 1. The number of carbonyl (C=O) groups excluding carboxylic acids is 1. The third-order valence-corrected chi connectivity index (χ3v) is 1.97. The fourth-order valence-electron chi connectivity index (χ4n) is 1.17. The van der Waals surface area contributed by atoms with Crippen LogP contribution in [0.15, 0.2) is 0 Å². The van der Waals surface area contributed by atoms with E-state index in [4.69, 9.17) is 4.74 Å². The first-order valence-electron chi connectivity index (χ1n) is 4.53. The quantitative estimate of drug-likeness (QED) is 0.724. The van der Waals surface area contributed by atoms with Gasteiger partial charge in [0.05, 0.1) is 12.5 Å². The maximum absolute atomic E-state index is 11.0. The van der Waals surface area contributed by atoms with Crippen molar-refractivity contribution in [3.05, 3.63) is 5.32 Å². The Labute approximate surface area is 105 Å². The molecule has 0 bridgehead atoms. The van der Waals surface area contributed by atoms with E-state index in [2.05, 4.69) is 5.32 Å². The van der Waals surface area contributed by atoms with Crippen LogP contribution >= 0.6 is 0 Å². The molecule has 3 nitrogen and oxygen atoms in total. The molecule has 1 aliphatic rings. The van der Waals surface area contributed by atoms with Crippen molar-refractivity contribution >= 4 is 5.97 Å². The zero-order chi connectivity index (χ0) is 8.97. The molecular formula is C9H16NO2Y+2. The molecule has 0 amide bonds. The molecule has 0 N–H and O–H groups in total. The summed E-state index contributed by atoms with van der Waals surface area (Å²) in [5.41, 5.74) is 0. The number of hydrogen-bond donors (Lipinski definition) is 0. The molecule has 70 valence electrons. The Morgan fingerprint density at radius 1 is 1.62 bits per heavy atom. The summed E-state index contributed by atoms with van der Waals surface area (Å²) < 4.78 is 5.05. The van der Waals surface area contributed by atoms with Gasteiger partial charge in [-0.3, -0.25) is 4.79 Å². The molecule has 0 aliphatic carbocycles. The van der Waals surface area contributed by atoms with Gasteiger partial charge in [0.15, 0.2) is 0 Å². The molecule has 1 saturated heterocycles. The van der Waals surface area contributed by atoms with Gasteiger partial charge >= 0.3 is 38.7 Å². The van der Waals surface area contributed by atoms with Crippen LogP contribution in [0.2, 0.25) is 0 Å². The maximum Gasteiger partial charge on any atom is 3.00 e. The largest absolute Gasteiger partial charge is 3.00 e. The number of hydrogen-bond acceptors (Lipinski definition) is 2. The van der Waals surface area contributed by atoms with Crippen molar-refractivity contribution in [1.82, 2.24) is 0 Å². The zero-order valence-corrected chi connectivity index (χ0v) is 11.2. The first-order chi connectivity index (χ1) is 5.70. The molecule has 13 heavy (non-hydrogen) atoms. The molecule has 1 unspecified atom stereocenters. The SMILES string of the molecule is CC(C)C(=O)OCC1CCC[N-]1.[Y+3]. The average Bonchev–Trinajstić information content (AvgIpc) is 2.51. The summed E-state index contributed by atoms with van der Waals surface area (Å²) in [6.07, 6.45) is 2.22. The Bertz CT molecular complexity index is 156. The molecule has 0 aromatic carbocycles. The van der Waals surface area contributed by atoms with Gasteiger partial charge in [-0.2, -0.15) is 0 Å². The Morgan fingerprint density at radius 3 is 2.77 bits per heavy atom. The van der Waals surface area contributed by atoms with Crippen LogP contribution in [0.5, 0.6) is 0 Å². The summed E-state index contributed by atoms with van der Waals surface area (Å²) in [6.45, 7) is 5.10. The van der Waals surface area contributed by atoms with E-state index in [1.54, 1.807) is 0 Å². The van der Waals surface area contributed by atoms with Crippen molar-refractivity contribution in [2.24, 2.45) is 5.92 Å². The molecule has 1 fully saturated rings. The second-order valence-electron chi connectivity index (χ2n) is 3.49.